The Balaban J connectivity index is 1.74. The summed E-state index contributed by atoms with van der Waals surface area (Å²) in [5.41, 5.74) is 0.145. The number of rotatable bonds is 8. The van der Waals surface area contributed by atoms with Gasteiger partial charge in [-0.2, -0.15) is 5.10 Å². The highest BCUT2D eigenvalue weighted by Crippen LogP contribution is 2.23. The van der Waals surface area contributed by atoms with Crippen molar-refractivity contribution in [2.24, 2.45) is 0 Å². The smallest absolute Gasteiger partial charge is 0.332 e. The number of fused-ring (bicyclic) bond motifs is 1. The summed E-state index contributed by atoms with van der Waals surface area (Å²) in [7, 11) is 0. The molecule has 0 spiro atoms. The van der Waals surface area contributed by atoms with Crippen molar-refractivity contribution in [1.29, 1.82) is 0 Å². The minimum atomic E-state index is -0.661. The summed E-state index contributed by atoms with van der Waals surface area (Å²) in [6.07, 6.45) is 1.57. The van der Waals surface area contributed by atoms with Gasteiger partial charge in [-0.05, 0) is 43.7 Å². The summed E-state index contributed by atoms with van der Waals surface area (Å²) < 4.78 is 22.6. The number of halogens is 1. The lowest BCUT2D eigenvalue weighted by molar-refractivity contribution is -0.116. The first kappa shape index (κ1) is 23.0. The molecule has 4 rings (SSSR count). The molecule has 9 nitrogen and oxygen atoms in total. The van der Waals surface area contributed by atoms with Crippen molar-refractivity contribution in [2.75, 3.05) is 11.9 Å². The molecule has 0 saturated heterocycles. The number of aryl methyl sites for hydroxylation is 1. The van der Waals surface area contributed by atoms with E-state index in [2.05, 4.69) is 10.4 Å². The number of hydrogen-bond donors (Lipinski definition) is 1. The van der Waals surface area contributed by atoms with Crippen LogP contribution in [0.4, 0.5) is 10.1 Å². The molecule has 34 heavy (non-hydrogen) atoms. The Morgan fingerprint density at radius 3 is 2.50 bits per heavy atom. The molecule has 1 amide bonds. The molecule has 0 aliphatic heterocycles. The van der Waals surface area contributed by atoms with Crippen LogP contribution in [0.1, 0.15) is 19.4 Å². The molecule has 176 valence electrons. The van der Waals surface area contributed by atoms with Crippen molar-refractivity contribution in [3.8, 4) is 5.75 Å². The molecule has 0 unspecified atom stereocenters. The predicted octanol–water partition coefficient (Wildman–Crippen LogP) is 2.60. The minimum absolute atomic E-state index is 0.0751. The number of carbonyl (C=O) groups is 1. The van der Waals surface area contributed by atoms with Gasteiger partial charge in [-0.3, -0.25) is 23.4 Å². The van der Waals surface area contributed by atoms with Gasteiger partial charge in [0.25, 0.3) is 5.56 Å². The number of nitrogens with zero attached hydrogens (tertiary/aromatic N) is 4. The van der Waals surface area contributed by atoms with Crippen LogP contribution >= 0.6 is 0 Å². The Hall–Kier alpha value is -4.21. The summed E-state index contributed by atoms with van der Waals surface area (Å²) >= 11 is 0. The molecule has 10 heteroatoms. The van der Waals surface area contributed by atoms with Gasteiger partial charge in [0.2, 0.25) is 5.91 Å². The number of anilines is 1. The summed E-state index contributed by atoms with van der Waals surface area (Å²) in [4.78, 5) is 39.3. The van der Waals surface area contributed by atoms with Gasteiger partial charge in [0.05, 0.1) is 24.4 Å². The second kappa shape index (κ2) is 9.74. The van der Waals surface area contributed by atoms with Crippen molar-refractivity contribution < 1.29 is 13.9 Å². The molecule has 2 aromatic heterocycles. The van der Waals surface area contributed by atoms with Crippen molar-refractivity contribution in [3.63, 3.8) is 0 Å². The fraction of sp³-hybridized carbons (Fsp3) is 0.250. The van der Waals surface area contributed by atoms with Crippen LogP contribution in [-0.4, -0.2) is 31.4 Å². The fourth-order valence-electron chi connectivity index (χ4n) is 3.64. The number of nitrogens with one attached hydrogen (secondary N) is 1. The third kappa shape index (κ3) is 4.61. The van der Waals surface area contributed by atoms with Crippen LogP contribution in [0.3, 0.4) is 0 Å². The standard InChI is InChI=1S/C24H24FN5O4/c1-3-28-14-19-22(27-28)23(32)30(13-16-9-11-17(25)12-10-16)24(33)29(19)15-21(31)26-18-7-5-6-8-20(18)34-4-2/h5-12,14H,3-4,13,15H2,1-2H3,(H,26,31). The average Bonchev–Trinajstić information content (AvgIpc) is 3.27. The Morgan fingerprint density at radius 1 is 1.06 bits per heavy atom. The first-order valence-corrected chi connectivity index (χ1v) is 10.9. The molecular weight excluding hydrogens is 441 g/mol. The second-order valence-electron chi connectivity index (χ2n) is 7.58. The number of benzene rings is 2. The molecule has 4 aromatic rings. The lowest BCUT2D eigenvalue weighted by Crippen LogP contribution is -2.41. The van der Waals surface area contributed by atoms with Gasteiger partial charge in [0.1, 0.15) is 18.1 Å². The number of ether oxygens (including phenoxy) is 1. The van der Waals surface area contributed by atoms with Gasteiger partial charge < -0.3 is 10.1 Å². The summed E-state index contributed by atoms with van der Waals surface area (Å²) in [5.74, 6) is -0.377. The van der Waals surface area contributed by atoms with E-state index in [0.29, 0.717) is 30.2 Å². The third-order valence-electron chi connectivity index (χ3n) is 5.28. The maximum atomic E-state index is 13.3. The lowest BCUT2D eigenvalue weighted by Gasteiger charge is -2.14. The zero-order valence-electron chi connectivity index (χ0n) is 18.8. The number of amides is 1. The lowest BCUT2D eigenvalue weighted by atomic mass is 10.2. The van der Waals surface area contributed by atoms with Crippen molar-refractivity contribution in [1.82, 2.24) is 18.9 Å². The van der Waals surface area contributed by atoms with E-state index in [1.807, 2.05) is 13.8 Å². The molecule has 2 aromatic carbocycles. The van der Waals surface area contributed by atoms with E-state index in [1.54, 1.807) is 30.5 Å². The Kier molecular flexibility index (Phi) is 6.58. The summed E-state index contributed by atoms with van der Waals surface area (Å²) in [6.45, 7) is 4.18. The molecule has 0 bridgehead atoms. The SMILES string of the molecule is CCOc1ccccc1NC(=O)Cn1c(=O)n(Cc2ccc(F)cc2)c(=O)c2nn(CC)cc21. The van der Waals surface area contributed by atoms with E-state index in [0.717, 1.165) is 4.57 Å². The van der Waals surface area contributed by atoms with Gasteiger partial charge in [-0.25, -0.2) is 9.18 Å². The zero-order valence-corrected chi connectivity index (χ0v) is 18.8. The van der Waals surface area contributed by atoms with E-state index < -0.39 is 23.0 Å². The van der Waals surface area contributed by atoms with Gasteiger partial charge in [0, 0.05) is 12.7 Å². The van der Waals surface area contributed by atoms with Crippen LogP contribution in [0.15, 0.2) is 64.3 Å². The molecule has 1 N–H and O–H groups in total. The molecule has 0 radical (unpaired) electrons. The van der Waals surface area contributed by atoms with Crippen LogP contribution in [0.5, 0.6) is 5.75 Å². The Morgan fingerprint density at radius 2 is 1.79 bits per heavy atom. The number of carbonyl (C=O) groups excluding carboxylic acids is 1. The van der Waals surface area contributed by atoms with Crippen LogP contribution < -0.4 is 21.3 Å². The zero-order chi connectivity index (χ0) is 24.2. The topological polar surface area (TPSA) is 100 Å². The van der Waals surface area contributed by atoms with Gasteiger partial charge in [0.15, 0.2) is 5.52 Å². The van der Waals surface area contributed by atoms with Crippen LogP contribution in [0, 0.1) is 5.82 Å². The average molecular weight is 465 g/mol. The van der Waals surface area contributed by atoms with Gasteiger partial charge in [-0.1, -0.05) is 24.3 Å². The number of para-hydroxylation sites is 2. The highest BCUT2D eigenvalue weighted by atomic mass is 19.1. The second-order valence-corrected chi connectivity index (χ2v) is 7.58. The molecule has 2 heterocycles. The third-order valence-corrected chi connectivity index (χ3v) is 5.28. The maximum absolute atomic E-state index is 13.3. The number of aromatic nitrogens is 4. The molecule has 0 saturated carbocycles. The Bertz CT molecular complexity index is 1450. The highest BCUT2D eigenvalue weighted by Gasteiger charge is 2.19. The monoisotopic (exact) mass is 465 g/mol. The van der Waals surface area contributed by atoms with E-state index >= 15 is 0 Å². The largest absolute Gasteiger partial charge is 0.492 e. The normalized spacial score (nSPS) is 11.0. The highest BCUT2D eigenvalue weighted by molar-refractivity contribution is 5.92. The van der Waals surface area contributed by atoms with Crippen LogP contribution in [0.25, 0.3) is 11.0 Å². The van der Waals surface area contributed by atoms with E-state index in [9.17, 15) is 18.8 Å². The van der Waals surface area contributed by atoms with Gasteiger partial charge in [-0.15, -0.1) is 0 Å². The number of hydrogen-bond acceptors (Lipinski definition) is 5. The molecule has 0 aliphatic carbocycles. The predicted molar refractivity (Wildman–Crippen MR) is 126 cm³/mol. The van der Waals surface area contributed by atoms with Crippen LogP contribution in [0.2, 0.25) is 0 Å². The molecule has 0 atom stereocenters. The fourth-order valence-corrected chi connectivity index (χ4v) is 3.64. The van der Waals surface area contributed by atoms with Crippen LogP contribution in [-0.2, 0) is 24.4 Å². The van der Waals surface area contributed by atoms with Crippen molar-refractivity contribution in [3.05, 3.63) is 86.9 Å². The summed E-state index contributed by atoms with van der Waals surface area (Å²) in [6, 6.07) is 12.5. The van der Waals surface area contributed by atoms with E-state index in [4.69, 9.17) is 4.74 Å². The first-order valence-electron chi connectivity index (χ1n) is 10.9. The summed E-state index contributed by atoms with van der Waals surface area (Å²) in [5, 5.41) is 7.06. The van der Waals surface area contributed by atoms with Gasteiger partial charge >= 0.3 is 5.69 Å². The first-order chi connectivity index (χ1) is 16.4. The van der Waals surface area contributed by atoms with E-state index in [1.165, 1.54) is 33.5 Å². The Labute approximate surface area is 194 Å². The van der Waals surface area contributed by atoms with Crippen molar-refractivity contribution >= 4 is 22.6 Å². The quantitative estimate of drug-likeness (QED) is 0.431. The van der Waals surface area contributed by atoms with Crippen molar-refractivity contribution in [2.45, 2.75) is 33.5 Å². The molecule has 0 aliphatic rings. The maximum Gasteiger partial charge on any atom is 0.332 e. The van der Waals surface area contributed by atoms with E-state index in [-0.39, 0.29) is 24.1 Å². The molecule has 0 fully saturated rings. The minimum Gasteiger partial charge on any atom is -0.492 e. The molecular formula is C24H24FN5O4.